The zero-order valence-electron chi connectivity index (χ0n) is 16.2. The Kier molecular flexibility index (Phi) is 6.36. The van der Waals surface area contributed by atoms with Crippen molar-refractivity contribution in [2.24, 2.45) is 0 Å². The molecule has 1 aliphatic rings. The molecular formula is C21H28N4O2. The number of nitrogens with one attached hydrogen (secondary N) is 1. The third-order valence-electron chi connectivity index (χ3n) is 5.34. The van der Waals surface area contributed by atoms with Gasteiger partial charge in [-0.1, -0.05) is 6.42 Å². The van der Waals surface area contributed by atoms with Crippen LogP contribution in [-0.4, -0.2) is 41.1 Å². The van der Waals surface area contributed by atoms with E-state index in [1.54, 1.807) is 23.9 Å². The predicted molar refractivity (Wildman–Crippen MR) is 104 cm³/mol. The minimum atomic E-state index is -0.238. The maximum atomic E-state index is 12.6. The molecule has 6 nitrogen and oxygen atoms in total. The molecule has 1 fully saturated rings. The van der Waals surface area contributed by atoms with E-state index in [9.17, 15) is 10.1 Å². The Morgan fingerprint density at radius 3 is 2.81 bits per heavy atom. The fourth-order valence-electron chi connectivity index (χ4n) is 3.78. The van der Waals surface area contributed by atoms with Gasteiger partial charge in [-0.2, -0.15) is 5.26 Å². The van der Waals surface area contributed by atoms with Crippen LogP contribution in [-0.2, 0) is 0 Å². The molecule has 2 aromatic rings. The smallest absolute Gasteiger partial charge is 0.256 e. The summed E-state index contributed by atoms with van der Waals surface area (Å²) in [5.41, 5.74) is 0.620. The molecule has 0 aliphatic carbocycles. The standard InChI is InChI=1S/C21H28N4O2/c1-16-9-3-5-11-24(16)12-6-4-10-23-20(26)19-17(2)27-21(18(19)15-22)25-13-7-8-14-25/h7-8,13-14,16H,3-6,9-12H2,1-2H3,(H,23,26). The quantitative estimate of drug-likeness (QED) is 0.757. The van der Waals surface area contributed by atoms with Crippen molar-refractivity contribution in [1.29, 1.82) is 5.26 Å². The minimum absolute atomic E-state index is 0.238. The highest BCUT2D eigenvalue weighted by Crippen LogP contribution is 2.25. The summed E-state index contributed by atoms with van der Waals surface area (Å²) in [7, 11) is 0. The highest BCUT2D eigenvalue weighted by Gasteiger charge is 2.24. The first-order valence-electron chi connectivity index (χ1n) is 9.81. The van der Waals surface area contributed by atoms with E-state index < -0.39 is 0 Å². The van der Waals surface area contributed by atoms with Crippen LogP contribution in [0, 0.1) is 18.3 Å². The molecule has 144 valence electrons. The average Bonchev–Trinajstić information content (AvgIpc) is 3.30. The normalized spacial score (nSPS) is 17.6. The number of nitriles is 1. The third-order valence-corrected chi connectivity index (χ3v) is 5.34. The number of carbonyl (C=O) groups is 1. The molecule has 0 spiro atoms. The van der Waals surface area contributed by atoms with Gasteiger partial charge in [-0.15, -0.1) is 0 Å². The van der Waals surface area contributed by atoms with E-state index in [1.807, 2.05) is 12.1 Å². The third kappa shape index (κ3) is 4.42. The number of hydrogen-bond acceptors (Lipinski definition) is 4. The van der Waals surface area contributed by atoms with Gasteiger partial charge in [0.2, 0.25) is 5.88 Å². The molecule has 1 amide bonds. The Balaban J connectivity index is 1.53. The summed E-state index contributed by atoms with van der Waals surface area (Å²) in [5, 5.41) is 12.5. The molecule has 3 rings (SSSR count). The van der Waals surface area contributed by atoms with Crippen molar-refractivity contribution in [2.75, 3.05) is 19.6 Å². The van der Waals surface area contributed by atoms with Crippen LogP contribution in [0.25, 0.3) is 5.88 Å². The minimum Gasteiger partial charge on any atom is -0.443 e. The van der Waals surface area contributed by atoms with Gasteiger partial charge in [0.15, 0.2) is 0 Å². The van der Waals surface area contributed by atoms with Crippen LogP contribution in [0.5, 0.6) is 0 Å². The summed E-state index contributed by atoms with van der Waals surface area (Å²) >= 11 is 0. The first-order chi connectivity index (χ1) is 13.1. The maximum absolute atomic E-state index is 12.6. The first-order valence-corrected chi connectivity index (χ1v) is 9.81. The van der Waals surface area contributed by atoms with E-state index in [0.29, 0.717) is 29.8 Å². The van der Waals surface area contributed by atoms with Crippen molar-refractivity contribution in [3.05, 3.63) is 41.4 Å². The SMILES string of the molecule is Cc1oc(-n2cccc2)c(C#N)c1C(=O)NCCCCN1CCCCC1C. The fourth-order valence-corrected chi connectivity index (χ4v) is 3.78. The van der Waals surface area contributed by atoms with Crippen molar-refractivity contribution < 1.29 is 9.21 Å². The van der Waals surface area contributed by atoms with Gasteiger partial charge in [-0.3, -0.25) is 9.36 Å². The van der Waals surface area contributed by atoms with E-state index in [-0.39, 0.29) is 11.5 Å². The van der Waals surface area contributed by atoms with Gasteiger partial charge in [0, 0.05) is 25.0 Å². The predicted octanol–water partition coefficient (Wildman–Crippen LogP) is 3.63. The highest BCUT2D eigenvalue weighted by molar-refractivity contribution is 5.98. The Morgan fingerprint density at radius 1 is 1.33 bits per heavy atom. The van der Waals surface area contributed by atoms with Crippen LogP contribution >= 0.6 is 0 Å². The van der Waals surface area contributed by atoms with E-state index in [1.165, 1.54) is 25.8 Å². The van der Waals surface area contributed by atoms with Gasteiger partial charge in [0.1, 0.15) is 23.0 Å². The molecular weight excluding hydrogens is 340 g/mol. The number of aryl methyl sites for hydroxylation is 1. The number of rotatable bonds is 7. The van der Waals surface area contributed by atoms with Crippen LogP contribution in [0.4, 0.5) is 0 Å². The Bertz CT molecular complexity index is 801. The second kappa shape index (κ2) is 8.92. The largest absolute Gasteiger partial charge is 0.443 e. The number of likely N-dealkylation sites (tertiary alicyclic amines) is 1. The van der Waals surface area contributed by atoms with Gasteiger partial charge in [0.25, 0.3) is 5.91 Å². The topological polar surface area (TPSA) is 74.2 Å². The van der Waals surface area contributed by atoms with Gasteiger partial charge in [-0.25, -0.2) is 0 Å². The van der Waals surface area contributed by atoms with Crippen molar-refractivity contribution in [2.45, 2.75) is 52.0 Å². The lowest BCUT2D eigenvalue weighted by Crippen LogP contribution is -2.38. The molecule has 3 heterocycles. The zero-order valence-corrected chi connectivity index (χ0v) is 16.2. The molecule has 1 unspecified atom stereocenters. The summed E-state index contributed by atoms with van der Waals surface area (Å²) in [6, 6.07) is 6.49. The zero-order chi connectivity index (χ0) is 19.2. The second-order valence-corrected chi connectivity index (χ2v) is 7.26. The number of nitrogens with zero attached hydrogens (tertiary/aromatic N) is 3. The summed E-state index contributed by atoms with van der Waals surface area (Å²) < 4.78 is 7.40. The van der Waals surface area contributed by atoms with Gasteiger partial charge >= 0.3 is 0 Å². The number of hydrogen-bond donors (Lipinski definition) is 1. The van der Waals surface area contributed by atoms with Crippen LogP contribution in [0.3, 0.4) is 0 Å². The van der Waals surface area contributed by atoms with Gasteiger partial charge in [-0.05, 0) is 64.8 Å². The van der Waals surface area contributed by atoms with Crippen LogP contribution in [0.1, 0.15) is 60.7 Å². The van der Waals surface area contributed by atoms with Crippen molar-refractivity contribution in [3.8, 4) is 12.0 Å². The molecule has 0 saturated carbocycles. The number of furan rings is 1. The van der Waals surface area contributed by atoms with Crippen molar-refractivity contribution in [3.63, 3.8) is 0 Å². The van der Waals surface area contributed by atoms with Crippen molar-refractivity contribution >= 4 is 5.91 Å². The molecule has 1 saturated heterocycles. The first kappa shape index (κ1) is 19.2. The second-order valence-electron chi connectivity index (χ2n) is 7.26. The summed E-state index contributed by atoms with van der Waals surface area (Å²) in [4.78, 5) is 15.1. The molecule has 0 bridgehead atoms. The van der Waals surface area contributed by atoms with E-state index >= 15 is 0 Å². The number of piperidine rings is 1. The van der Waals surface area contributed by atoms with Gasteiger partial charge in [0.05, 0.1) is 0 Å². The van der Waals surface area contributed by atoms with E-state index in [4.69, 9.17) is 4.42 Å². The Hall–Kier alpha value is -2.52. The number of unbranched alkanes of at least 4 members (excludes halogenated alkanes) is 1. The molecule has 0 aromatic carbocycles. The van der Waals surface area contributed by atoms with Gasteiger partial charge < -0.3 is 14.6 Å². The Morgan fingerprint density at radius 2 is 2.11 bits per heavy atom. The fraction of sp³-hybridized carbons (Fsp3) is 0.524. The number of amides is 1. The summed E-state index contributed by atoms with van der Waals surface area (Å²) in [6.45, 7) is 6.91. The van der Waals surface area contributed by atoms with Crippen LogP contribution in [0.15, 0.2) is 28.9 Å². The Labute approximate surface area is 160 Å². The summed E-state index contributed by atoms with van der Waals surface area (Å²) in [5.74, 6) is 0.622. The van der Waals surface area contributed by atoms with E-state index in [0.717, 1.165) is 19.4 Å². The lowest BCUT2D eigenvalue weighted by molar-refractivity contribution is 0.0950. The monoisotopic (exact) mass is 368 g/mol. The molecule has 2 aromatic heterocycles. The summed E-state index contributed by atoms with van der Waals surface area (Å²) in [6.07, 6.45) is 9.50. The van der Waals surface area contributed by atoms with Crippen molar-refractivity contribution in [1.82, 2.24) is 14.8 Å². The number of aromatic nitrogens is 1. The lowest BCUT2D eigenvalue weighted by atomic mass is 10.0. The molecule has 0 radical (unpaired) electrons. The van der Waals surface area contributed by atoms with E-state index in [2.05, 4.69) is 23.2 Å². The highest BCUT2D eigenvalue weighted by atomic mass is 16.4. The lowest BCUT2D eigenvalue weighted by Gasteiger charge is -2.33. The van der Waals surface area contributed by atoms with Crippen LogP contribution < -0.4 is 5.32 Å². The van der Waals surface area contributed by atoms with Crippen LogP contribution in [0.2, 0.25) is 0 Å². The number of carbonyl (C=O) groups excluding carboxylic acids is 1. The maximum Gasteiger partial charge on any atom is 0.256 e. The molecule has 1 atom stereocenters. The molecule has 1 N–H and O–H groups in total. The average molecular weight is 368 g/mol. The molecule has 27 heavy (non-hydrogen) atoms. The molecule has 1 aliphatic heterocycles. The molecule has 6 heteroatoms.